The number of alkyl halides is 1. The van der Waals surface area contributed by atoms with Crippen LogP contribution in [0.2, 0.25) is 0 Å². The molecule has 1 heterocycles. The van der Waals surface area contributed by atoms with Crippen molar-refractivity contribution >= 4 is 28.6 Å². The Morgan fingerprint density at radius 2 is 2.43 bits per heavy atom. The molecular formula is C10H10INO2. The number of ether oxygens (including phenoxy) is 1. The largest absolute Gasteiger partial charge is 0.458 e. The first-order chi connectivity index (χ1) is 6.77. The quantitative estimate of drug-likeness (QED) is 0.371. The highest BCUT2D eigenvalue weighted by Gasteiger charge is 2.05. The number of nitrogens with zero attached hydrogens (tertiary/aromatic N) is 1. The van der Waals surface area contributed by atoms with Gasteiger partial charge in [-0.25, -0.2) is 4.79 Å². The summed E-state index contributed by atoms with van der Waals surface area (Å²) in [6.07, 6.45) is 3.06. The fourth-order valence-electron chi connectivity index (χ4n) is 0.842. The molecule has 0 aromatic carbocycles. The summed E-state index contributed by atoms with van der Waals surface area (Å²) in [5, 5.41) is 0. The number of hydrogen-bond donors (Lipinski definition) is 0. The van der Waals surface area contributed by atoms with Gasteiger partial charge in [-0.2, -0.15) is 0 Å². The number of aromatic nitrogens is 1. The molecule has 4 heteroatoms. The summed E-state index contributed by atoms with van der Waals surface area (Å²) in [7, 11) is 0. The Hall–Kier alpha value is -0.910. The smallest absolute Gasteiger partial charge is 0.340 e. The molecule has 0 radical (unpaired) electrons. The lowest BCUT2D eigenvalue weighted by atomic mass is 10.2. The molecule has 0 bridgehead atoms. The third-order valence-electron chi connectivity index (χ3n) is 1.53. The molecule has 74 valence electrons. The van der Waals surface area contributed by atoms with E-state index in [-0.39, 0.29) is 12.6 Å². The van der Waals surface area contributed by atoms with Crippen molar-refractivity contribution < 1.29 is 9.53 Å². The number of halogens is 1. The van der Waals surface area contributed by atoms with Crippen LogP contribution < -0.4 is 0 Å². The summed E-state index contributed by atoms with van der Waals surface area (Å²) in [4.78, 5) is 15.4. The normalized spacial score (nSPS) is 9.50. The average molecular weight is 303 g/mol. The zero-order valence-corrected chi connectivity index (χ0v) is 9.73. The van der Waals surface area contributed by atoms with E-state index in [4.69, 9.17) is 4.74 Å². The highest BCUT2D eigenvalue weighted by atomic mass is 127. The van der Waals surface area contributed by atoms with Crippen LogP contribution in [0.3, 0.4) is 0 Å². The summed E-state index contributed by atoms with van der Waals surface area (Å²) >= 11 is 2.21. The van der Waals surface area contributed by atoms with Gasteiger partial charge in [0.15, 0.2) is 0 Å². The lowest BCUT2D eigenvalue weighted by molar-refractivity contribution is 0.0549. The molecular weight excluding hydrogens is 293 g/mol. The van der Waals surface area contributed by atoms with Gasteiger partial charge in [0, 0.05) is 10.6 Å². The summed E-state index contributed by atoms with van der Waals surface area (Å²) in [5.41, 5.74) is 1.42. The summed E-state index contributed by atoms with van der Waals surface area (Å²) < 4.78 is 5.68. The van der Waals surface area contributed by atoms with Crippen molar-refractivity contribution in [1.29, 1.82) is 0 Å². The molecule has 3 nitrogen and oxygen atoms in total. The molecule has 1 aromatic heterocycles. The van der Waals surface area contributed by atoms with Crippen LogP contribution in [0.5, 0.6) is 0 Å². The van der Waals surface area contributed by atoms with Gasteiger partial charge in [-0.1, -0.05) is 35.2 Å². The standard InChI is InChI=1S/C10H10INO2/c1-2-5-14-10(13)8-3-4-9(6-11)12-7-8/h2-4,7H,1,5-6H2. The van der Waals surface area contributed by atoms with Gasteiger partial charge in [0.05, 0.1) is 11.3 Å². The van der Waals surface area contributed by atoms with Crippen molar-refractivity contribution in [2.24, 2.45) is 0 Å². The van der Waals surface area contributed by atoms with Gasteiger partial charge in [0.1, 0.15) is 6.61 Å². The molecule has 0 aliphatic carbocycles. The van der Waals surface area contributed by atoms with Gasteiger partial charge in [0.2, 0.25) is 0 Å². The first-order valence-electron chi connectivity index (χ1n) is 4.07. The third-order valence-corrected chi connectivity index (χ3v) is 2.31. The number of rotatable bonds is 4. The van der Waals surface area contributed by atoms with Gasteiger partial charge in [0.25, 0.3) is 0 Å². The number of pyridine rings is 1. The first kappa shape index (κ1) is 11.2. The molecule has 0 N–H and O–H groups in total. The zero-order chi connectivity index (χ0) is 10.4. The number of carbonyl (C=O) groups excluding carboxylic acids is 1. The van der Waals surface area contributed by atoms with E-state index in [1.165, 1.54) is 12.3 Å². The Labute approximate surface area is 96.3 Å². The number of esters is 1. The van der Waals surface area contributed by atoms with E-state index in [0.717, 1.165) is 10.1 Å². The van der Waals surface area contributed by atoms with Gasteiger partial charge < -0.3 is 4.74 Å². The Balaban J connectivity index is 2.66. The minimum absolute atomic E-state index is 0.229. The molecule has 0 saturated carbocycles. The molecule has 0 aliphatic rings. The van der Waals surface area contributed by atoms with E-state index in [2.05, 4.69) is 34.2 Å². The molecule has 14 heavy (non-hydrogen) atoms. The third kappa shape index (κ3) is 3.10. The summed E-state index contributed by atoms with van der Waals surface area (Å²) in [6, 6.07) is 3.53. The van der Waals surface area contributed by atoms with E-state index >= 15 is 0 Å². The van der Waals surface area contributed by atoms with Crippen LogP contribution in [0.25, 0.3) is 0 Å². The second-order valence-electron chi connectivity index (χ2n) is 2.56. The number of hydrogen-bond acceptors (Lipinski definition) is 3. The van der Waals surface area contributed by atoms with Crippen LogP contribution >= 0.6 is 22.6 Å². The van der Waals surface area contributed by atoms with Crippen LogP contribution in [-0.4, -0.2) is 17.6 Å². The minimum Gasteiger partial charge on any atom is -0.458 e. The molecule has 0 amide bonds. The minimum atomic E-state index is -0.364. The Kier molecular flexibility index (Phi) is 4.58. The van der Waals surface area contributed by atoms with E-state index in [0.29, 0.717) is 5.56 Å². The molecule has 0 saturated heterocycles. The number of carbonyl (C=O) groups is 1. The fourth-order valence-corrected chi connectivity index (χ4v) is 1.29. The Bertz CT molecular complexity index is 321. The van der Waals surface area contributed by atoms with E-state index < -0.39 is 0 Å². The van der Waals surface area contributed by atoms with Crippen molar-refractivity contribution in [3.63, 3.8) is 0 Å². The highest BCUT2D eigenvalue weighted by molar-refractivity contribution is 14.1. The molecule has 0 aliphatic heterocycles. The van der Waals surface area contributed by atoms with Crippen LogP contribution in [0.15, 0.2) is 31.0 Å². The van der Waals surface area contributed by atoms with Gasteiger partial charge in [-0.05, 0) is 12.1 Å². The average Bonchev–Trinajstić information content (AvgIpc) is 2.26. The maximum atomic E-state index is 11.3. The SMILES string of the molecule is C=CCOC(=O)c1ccc(CI)nc1. The van der Waals surface area contributed by atoms with Crippen molar-refractivity contribution in [3.05, 3.63) is 42.2 Å². The topological polar surface area (TPSA) is 39.2 Å². The zero-order valence-electron chi connectivity index (χ0n) is 7.57. The molecule has 1 aromatic rings. The lowest BCUT2D eigenvalue weighted by Gasteiger charge is -2.01. The first-order valence-corrected chi connectivity index (χ1v) is 5.59. The van der Waals surface area contributed by atoms with E-state index in [1.54, 1.807) is 6.07 Å². The second kappa shape index (κ2) is 5.74. The predicted octanol–water partition coefficient (Wildman–Crippen LogP) is 2.36. The van der Waals surface area contributed by atoms with Gasteiger partial charge in [-0.15, -0.1) is 0 Å². The molecule has 1 rings (SSSR count). The highest BCUT2D eigenvalue weighted by Crippen LogP contribution is 2.05. The lowest BCUT2D eigenvalue weighted by Crippen LogP contribution is -2.05. The molecule has 0 spiro atoms. The van der Waals surface area contributed by atoms with Crippen molar-refractivity contribution in [3.8, 4) is 0 Å². The summed E-state index contributed by atoms with van der Waals surface area (Å²) in [6.45, 7) is 3.69. The molecule has 0 atom stereocenters. The van der Waals surface area contributed by atoms with Crippen LogP contribution in [-0.2, 0) is 9.16 Å². The monoisotopic (exact) mass is 303 g/mol. The van der Waals surface area contributed by atoms with Crippen molar-refractivity contribution in [2.75, 3.05) is 6.61 Å². The fraction of sp³-hybridized carbons (Fsp3) is 0.200. The Morgan fingerprint density at radius 1 is 1.64 bits per heavy atom. The molecule has 0 unspecified atom stereocenters. The van der Waals surface area contributed by atoms with Gasteiger partial charge in [-0.3, -0.25) is 4.98 Å². The maximum Gasteiger partial charge on any atom is 0.340 e. The van der Waals surface area contributed by atoms with E-state index in [1.807, 2.05) is 6.07 Å². The van der Waals surface area contributed by atoms with Crippen LogP contribution in [0.1, 0.15) is 16.1 Å². The van der Waals surface area contributed by atoms with Crippen LogP contribution in [0, 0.1) is 0 Å². The maximum absolute atomic E-state index is 11.3. The Morgan fingerprint density at radius 3 is 2.93 bits per heavy atom. The second-order valence-corrected chi connectivity index (χ2v) is 3.32. The summed E-state index contributed by atoms with van der Waals surface area (Å²) in [5.74, 6) is -0.364. The van der Waals surface area contributed by atoms with E-state index in [9.17, 15) is 4.79 Å². The van der Waals surface area contributed by atoms with Gasteiger partial charge >= 0.3 is 5.97 Å². The predicted molar refractivity (Wildman–Crippen MR) is 62.4 cm³/mol. The van der Waals surface area contributed by atoms with Crippen molar-refractivity contribution in [1.82, 2.24) is 4.98 Å². The van der Waals surface area contributed by atoms with Crippen molar-refractivity contribution in [2.45, 2.75) is 4.43 Å². The molecule has 0 fully saturated rings. The van der Waals surface area contributed by atoms with Crippen LogP contribution in [0.4, 0.5) is 0 Å².